The molecule has 124 valence electrons. The summed E-state index contributed by atoms with van der Waals surface area (Å²) in [6, 6.07) is 0. The van der Waals surface area contributed by atoms with Crippen molar-refractivity contribution in [2.45, 2.75) is 91.9 Å². The van der Waals surface area contributed by atoms with Gasteiger partial charge < -0.3 is 4.74 Å². The first-order valence-corrected chi connectivity index (χ1v) is 8.76. The number of carbonyl (C=O) groups excluding carboxylic acids is 1. The van der Waals surface area contributed by atoms with Crippen molar-refractivity contribution in [2.75, 3.05) is 6.61 Å². The van der Waals surface area contributed by atoms with E-state index in [1.807, 2.05) is 20.8 Å². The van der Waals surface area contributed by atoms with Crippen LogP contribution in [-0.4, -0.2) is 12.6 Å². The number of hydrogen-bond donors (Lipinski definition) is 0. The number of ether oxygens (including phenoxy) is 1. The minimum Gasteiger partial charge on any atom is -0.462 e. The van der Waals surface area contributed by atoms with E-state index in [2.05, 4.69) is 13.5 Å². The summed E-state index contributed by atoms with van der Waals surface area (Å²) in [6.07, 6.45) is 12.9. The van der Waals surface area contributed by atoms with Crippen molar-refractivity contribution in [2.24, 2.45) is 5.41 Å². The van der Waals surface area contributed by atoms with Crippen LogP contribution in [0.1, 0.15) is 91.9 Å². The van der Waals surface area contributed by atoms with Crippen LogP contribution in [0.15, 0.2) is 12.2 Å². The number of esters is 1. The van der Waals surface area contributed by atoms with Crippen LogP contribution in [0, 0.1) is 5.41 Å². The fraction of sp³-hybridized carbons (Fsp3) is 0.842. The third-order valence-electron chi connectivity index (χ3n) is 3.88. The number of carbonyl (C=O) groups is 1. The molecular weight excluding hydrogens is 260 g/mol. The summed E-state index contributed by atoms with van der Waals surface area (Å²) in [5, 5.41) is 0. The van der Waals surface area contributed by atoms with E-state index in [-0.39, 0.29) is 11.4 Å². The van der Waals surface area contributed by atoms with E-state index in [0.717, 1.165) is 12.8 Å². The molecule has 2 heteroatoms. The van der Waals surface area contributed by atoms with Gasteiger partial charge in [-0.1, -0.05) is 92.1 Å². The summed E-state index contributed by atoms with van der Waals surface area (Å²) in [6.45, 7) is 12.6. The molecule has 0 spiro atoms. The van der Waals surface area contributed by atoms with Crippen molar-refractivity contribution < 1.29 is 9.53 Å². The summed E-state index contributed by atoms with van der Waals surface area (Å²) in [5.41, 5.74) is 0.365. The van der Waals surface area contributed by atoms with Gasteiger partial charge >= 0.3 is 5.97 Å². The first kappa shape index (κ1) is 20.2. The number of unbranched alkanes of at least 4 members (excludes halogenated alkanes) is 9. The van der Waals surface area contributed by atoms with E-state index in [9.17, 15) is 4.79 Å². The Bertz CT molecular complexity index is 286. The Morgan fingerprint density at radius 1 is 0.857 bits per heavy atom. The van der Waals surface area contributed by atoms with Gasteiger partial charge in [0.25, 0.3) is 0 Å². The molecule has 0 saturated heterocycles. The van der Waals surface area contributed by atoms with Crippen LogP contribution >= 0.6 is 0 Å². The molecule has 2 nitrogen and oxygen atoms in total. The summed E-state index contributed by atoms with van der Waals surface area (Å²) >= 11 is 0. The van der Waals surface area contributed by atoms with E-state index >= 15 is 0 Å². The maximum atomic E-state index is 11.7. The van der Waals surface area contributed by atoms with Crippen molar-refractivity contribution in [3.05, 3.63) is 12.2 Å². The van der Waals surface area contributed by atoms with Crippen LogP contribution in [0.2, 0.25) is 0 Å². The van der Waals surface area contributed by atoms with Gasteiger partial charge in [0, 0.05) is 5.57 Å². The van der Waals surface area contributed by atoms with E-state index in [0.29, 0.717) is 12.2 Å². The smallest absolute Gasteiger partial charge is 0.333 e. The van der Waals surface area contributed by atoms with E-state index < -0.39 is 0 Å². The van der Waals surface area contributed by atoms with Crippen molar-refractivity contribution in [1.82, 2.24) is 0 Å². The average Bonchev–Trinajstić information content (AvgIpc) is 2.42. The molecule has 0 saturated carbocycles. The second-order valence-corrected chi connectivity index (χ2v) is 7.05. The zero-order chi connectivity index (χ0) is 16.1. The zero-order valence-corrected chi connectivity index (χ0v) is 14.8. The molecule has 0 aliphatic carbocycles. The molecule has 0 aliphatic rings. The Morgan fingerprint density at radius 3 is 1.71 bits per heavy atom. The third-order valence-corrected chi connectivity index (χ3v) is 3.88. The standard InChI is InChI=1S/C19H36O2/c1-6-7-8-9-10-11-12-13-14-15-16-21-18(20)17(2)19(3,4)5/h2,6-16H2,1,3-5H3. The molecule has 0 aromatic heterocycles. The molecule has 0 fully saturated rings. The molecule has 0 N–H and O–H groups in total. The zero-order valence-electron chi connectivity index (χ0n) is 14.8. The highest BCUT2D eigenvalue weighted by Gasteiger charge is 2.22. The Labute approximate surface area is 132 Å². The predicted octanol–water partition coefficient (Wildman–Crippen LogP) is 6.05. The first-order valence-electron chi connectivity index (χ1n) is 8.76. The molecule has 0 heterocycles. The maximum absolute atomic E-state index is 11.7. The SMILES string of the molecule is C=C(C(=O)OCCCCCCCCCCCC)C(C)(C)C. The topological polar surface area (TPSA) is 26.3 Å². The molecule has 0 amide bonds. The van der Waals surface area contributed by atoms with Gasteiger partial charge in [0.15, 0.2) is 0 Å². The minimum atomic E-state index is -0.238. The second kappa shape index (κ2) is 11.8. The fourth-order valence-corrected chi connectivity index (χ4v) is 2.15. The van der Waals surface area contributed by atoms with Crippen LogP contribution in [0.5, 0.6) is 0 Å². The highest BCUT2D eigenvalue weighted by atomic mass is 16.5. The Morgan fingerprint density at radius 2 is 1.29 bits per heavy atom. The van der Waals surface area contributed by atoms with Crippen molar-refractivity contribution in [3.63, 3.8) is 0 Å². The molecule has 0 bridgehead atoms. The summed E-state index contributed by atoms with van der Waals surface area (Å²) in [7, 11) is 0. The molecule has 0 unspecified atom stereocenters. The molecular formula is C19H36O2. The van der Waals surface area contributed by atoms with E-state index in [4.69, 9.17) is 4.74 Å². The van der Waals surface area contributed by atoms with Crippen LogP contribution in [0.4, 0.5) is 0 Å². The quantitative estimate of drug-likeness (QED) is 0.249. The van der Waals surface area contributed by atoms with Crippen LogP contribution < -0.4 is 0 Å². The van der Waals surface area contributed by atoms with Crippen molar-refractivity contribution in [3.8, 4) is 0 Å². The molecule has 0 aromatic rings. The Kier molecular flexibility index (Phi) is 11.4. The molecule has 0 aromatic carbocycles. The second-order valence-electron chi connectivity index (χ2n) is 7.05. The average molecular weight is 296 g/mol. The highest BCUT2D eigenvalue weighted by molar-refractivity contribution is 5.88. The van der Waals surface area contributed by atoms with Crippen molar-refractivity contribution >= 4 is 5.97 Å². The van der Waals surface area contributed by atoms with Gasteiger partial charge in [-0.3, -0.25) is 0 Å². The van der Waals surface area contributed by atoms with Gasteiger partial charge in [0.05, 0.1) is 6.61 Å². The van der Waals surface area contributed by atoms with E-state index in [1.165, 1.54) is 51.4 Å². The summed E-state index contributed by atoms with van der Waals surface area (Å²) < 4.78 is 5.26. The monoisotopic (exact) mass is 296 g/mol. The molecule has 0 atom stereocenters. The lowest BCUT2D eigenvalue weighted by atomic mass is 9.88. The lowest BCUT2D eigenvalue weighted by Gasteiger charge is -2.19. The van der Waals surface area contributed by atoms with Crippen LogP contribution in [0.25, 0.3) is 0 Å². The highest BCUT2D eigenvalue weighted by Crippen LogP contribution is 2.24. The maximum Gasteiger partial charge on any atom is 0.333 e. The van der Waals surface area contributed by atoms with Crippen LogP contribution in [-0.2, 0) is 9.53 Å². The number of rotatable bonds is 12. The van der Waals surface area contributed by atoms with Gasteiger partial charge in [0.2, 0.25) is 0 Å². The van der Waals surface area contributed by atoms with Gasteiger partial charge in [-0.15, -0.1) is 0 Å². The lowest BCUT2D eigenvalue weighted by Crippen LogP contribution is -2.19. The molecule has 21 heavy (non-hydrogen) atoms. The molecule has 0 aliphatic heterocycles. The molecule has 0 radical (unpaired) electrons. The van der Waals surface area contributed by atoms with Gasteiger partial charge in [0.1, 0.15) is 0 Å². The van der Waals surface area contributed by atoms with Crippen molar-refractivity contribution in [1.29, 1.82) is 0 Å². The minimum absolute atomic E-state index is 0.200. The summed E-state index contributed by atoms with van der Waals surface area (Å²) in [4.78, 5) is 11.7. The van der Waals surface area contributed by atoms with E-state index in [1.54, 1.807) is 0 Å². The number of hydrogen-bond acceptors (Lipinski definition) is 2. The normalized spacial score (nSPS) is 11.4. The Balaban J connectivity index is 3.37. The lowest BCUT2D eigenvalue weighted by molar-refractivity contribution is -0.140. The molecule has 0 rings (SSSR count). The summed E-state index contributed by atoms with van der Waals surface area (Å²) in [5.74, 6) is -0.238. The third kappa shape index (κ3) is 11.5. The van der Waals surface area contributed by atoms with Crippen LogP contribution in [0.3, 0.4) is 0 Å². The van der Waals surface area contributed by atoms with Gasteiger partial charge in [-0.25, -0.2) is 4.79 Å². The first-order chi connectivity index (χ1) is 9.89. The fourth-order valence-electron chi connectivity index (χ4n) is 2.15. The van der Waals surface area contributed by atoms with Gasteiger partial charge in [-0.2, -0.15) is 0 Å². The predicted molar refractivity (Wildman–Crippen MR) is 91.4 cm³/mol. The largest absolute Gasteiger partial charge is 0.462 e. The van der Waals surface area contributed by atoms with Gasteiger partial charge in [-0.05, 0) is 11.8 Å². The Hall–Kier alpha value is -0.790.